The molecule has 8 heteroatoms. The maximum absolute atomic E-state index is 12.6. The summed E-state index contributed by atoms with van der Waals surface area (Å²) in [5.41, 5.74) is -0.300. The average Bonchev–Trinajstić information content (AvgIpc) is 3.04. The topological polar surface area (TPSA) is 101 Å². The Bertz CT molecular complexity index is 843. The number of carboxylic acids is 1. The van der Waals surface area contributed by atoms with Crippen LogP contribution < -0.4 is 4.72 Å². The highest BCUT2D eigenvalue weighted by Gasteiger charge is 2.48. The Balaban J connectivity index is 2.09. The molecule has 2 aromatic rings. The lowest BCUT2D eigenvalue weighted by Gasteiger charge is -2.26. The van der Waals surface area contributed by atoms with Crippen molar-refractivity contribution in [1.82, 2.24) is 14.5 Å². The summed E-state index contributed by atoms with van der Waals surface area (Å²) in [7, 11) is -2.52. The minimum Gasteiger partial charge on any atom is -0.480 e. The molecule has 0 saturated carbocycles. The molecule has 3 rings (SSSR count). The Kier molecular flexibility index (Phi) is 3.30. The minimum atomic E-state index is -4.01. The lowest BCUT2D eigenvalue weighted by Crippen LogP contribution is -2.50. The molecule has 0 aliphatic heterocycles. The number of fused-ring (bicyclic) bond motifs is 1. The number of rotatable bonds is 4. The van der Waals surface area contributed by atoms with Gasteiger partial charge in [-0.05, 0) is 30.0 Å². The van der Waals surface area contributed by atoms with E-state index in [4.69, 9.17) is 0 Å². The standard InChI is InChI=1S/C14H15N3O4S/c1-17-12(7-9-15-17)22(20,21)16-14(13(18)19)8-6-10-4-2-3-5-11(10)14/h2-5,7,9,16H,6,8H2,1H3,(H,18,19). The summed E-state index contributed by atoms with van der Waals surface area (Å²) in [6.45, 7) is 0. The van der Waals surface area contributed by atoms with Gasteiger partial charge < -0.3 is 5.11 Å². The summed E-state index contributed by atoms with van der Waals surface area (Å²) in [6, 6.07) is 8.33. The molecule has 0 bridgehead atoms. The first-order valence-electron chi connectivity index (χ1n) is 6.70. The fraction of sp³-hybridized carbons (Fsp3) is 0.286. The van der Waals surface area contributed by atoms with Crippen molar-refractivity contribution in [1.29, 1.82) is 0 Å². The van der Waals surface area contributed by atoms with Crippen LogP contribution in [-0.4, -0.2) is 29.3 Å². The first-order valence-corrected chi connectivity index (χ1v) is 8.19. The number of aryl methyl sites for hydroxylation is 2. The monoisotopic (exact) mass is 321 g/mol. The van der Waals surface area contributed by atoms with E-state index in [2.05, 4.69) is 9.82 Å². The number of aliphatic carboxylic acids is 1. The van der Waals surface area contributed by atoms with Gasteiger partial charge in [-0.3, -0.25) is 4.68 Å². The molecule has 1 aliphatic rings. The quantitative estimate of drug-likeness (QED) is 0.860. The number of nitrogens with one attached hydrogen (secondary N) is 1. The second-order valence-electron chi connectivity index (χ2n) is 5.27. The average molecular weight is 321 g/mol. The van der Waals surface area contributed by atoms with Gasteiger partial charge in [-0.15, -0.1) is 0 Å². The van der Waals surface area contributed by atoms with Crippen molar-refractivity contribution in [2.24, 2.45) is 7.05 Å². The Morgan fingerprint density at radius 3 is 2.73 bits per heavy atom. The fourth-order valence-electron chi connectivity index (χ4n) is 2.89. The number of carbonyl (C=O) groups is 1. The third-order valence-corrected chi connectivity index (χ3v) is 5.54. The van der Waals surface area contributed by atoms with E-state index < -0.39 is 21.5 Å². The van der Waals surface area contributed by atoms with E-state index in [9.17, 15) is 18.3 Å². The summed E-state index contributed by atoms with van der Waals surface area (Å²) in [5, 5.41) is 13.4. The first-order chi connectivity index (χ1) is 10.4. The van der Waals surface area contributed by atoms with E-state index in [1.165, 1.54) is 24.0 Å². The molecule has 116 valence electrons. The Hall–Kier alpha value is -2.19. The second-order valence-corrected chi connectivity index (χ2v) is 6.90. The van der Waals surface area contributed by atoms with Gasteiger partial charge in [0.05, 0.1) is 6.20 Å². The van der Waals surface area contributed by atoms with Gasteiger partial charge in [-0.1, -0.05) is 24.3 Å². The van der Waals surface area contributed by atoms with Gasteiger partial charge in [0.1, 0.15) is 0 Å². The van der Waals surface area contributed by atoms with Crippen LogP contribution >= 0.6 is 0 Å². The smallest absolute Gasteiger partial charge is 0.329 e. The van der Waals surface area contributed by atoms with Gasteiger partial charge >= 0.3 is 5.97 Å². The van der Waals surface area contributed by atoms with Crippen LogP contribution in [0.5, 0.6) is 0 Å². The van der Waals surface area contributed by atoms with Gasteiger partial charge in [0.15, 0.2) is 10.6 Å². The van der Waals surface area contributed by atoms with Crippen molar-refractivity contribution < 1.29 is 18.3 Å². The molecule has 2 N–H and O–H groups in total. The largest absolute Gasteiger partial charge is 0.480 e. The zero-order valence-electron chi connectivity index (χ0n) is 11.9. The van der Waals surface area contributed by atoms with Crippen molar-refractivity contribution >= 4 is 16.0 Å². The molecule has 1 unspecified atom stereocenters. The van der Waals surface area contributed by atoms with Gasteiger partial charge in [0.2, 0.25) is 0 Å². The molecule has 1 heterocycles. The highest BCUT2D eigenvalue weighted by atomic mass is 32.2. The summed E-state index contributed by atoms with van der Waals surface area (Å²) in [5.74, 6) is -1.21. The van der Waals surface area contributed by atoms with Crippen LogP contribution in [0.1, 0.15) is 17.5 Å². The van der Waals surface area contributed by atoms with Crippen molar-refractivity contribution in [3.63, 3.8) is 0 Å². The van der Waals surface area contributed by atoms with Crippen LogP contribution in [0.15, 0.2) is 41.6 Å². The van der Waals surface area contributed by atoms with Crippen molar-refractivity contribution in [2.75, 3.05) is 0 Å². The molecule has 7 nitrogen and oxygen atoms in total. The van der Waals surface area contributed by atoms with Gasteiger partial charge in [0, 0.05) is 7.05 Å². The first kappa shape index (κ1) is 14.7. The zero-order chi connectivity index (χ0) is 16.0. The van der Waals surface area contributed by atoms with E-state index in [0.29, 0.717) is 12.0 Å². The number of nitrogens with zero attached hydrogens (tertiary/aromatic N) is 2. The molecule has 0 radical (unpaired) electrons. The number of hydrogen-bond donors (Lipinski definition) is 2. The number of benzene rings is 1. The predicted octanol–water partition coefficient (Wildman–Crippen LogP) is 0.625. The van der Waals surface area contributed by atoms with Crippen molar-refractivity contribution in [2.45, 2.75) is 23.4 Å². The van der Waals surface area contributed by atoms with Crippen LogP contribution in [0.2, 0.25) is 0 Å². The predicted molar refractivity (Wildman–Crippen MR) is 77.6 cm³/mol. The Morgan fingerprint density at radius 2 is 2.09 bits per heavy atom. The highest BCUT2D eigenvalue weighted by Crippen LogP contribution is 2.38. The number of aromatic nitrogens is 2. The zero-order valence-corrected chi connectivity index (χ0v) is 12.7. The number of sulfonamides is 1. The number of carboxylic acid groups (broad SMARTS) is 1. The van der Waals surface area contributed by atoms with Crippen molar-refractivity contribution in [3.8, 4) is 0 Å². The molecule has 1 aliphatic carbocycles. The van der Waals surface area contributed by atoms with Gasteiger partial charge in [-0.25, -0.2) is 13.2 Å². The molecule has 0 saturated heterocycles. The van der Waals surface area contributed by atoms with Gasteiger partial charge in [0.25, 0.3) is 10.0 Å². The molecule has 1 atom stereocenters. The summed E-state index contributed by atoms with van der Waals surface area (Å²) >= 11 is 0. The van der Waals surface area contributed by atoms with Crippen LogP contribution in [0.3, 0.4) is 0 Å². The lowest BCUT2D eigenvalue weighted by molar-refractivity contribution is -0.144. The van der Waals surface area contributed by atoms with Crippen molar-refractivity contribution in [3.05, 3.63) is 47.7 Å². The van der Waals surface area contributed by atoms with Crippen LogP contribution in [0, 0.1) is 0 Å². The molecule has 0 amide bonds. The SMILES string of the molecule is Cn1nccc1S(=O)(=O)NC1(C(=O)O)CCc2ccccc21. The fourth-order valence-corrected chi connectivity index (χ4v) is 4.39. The van der Waals surface area contributed by atoms with Crippen LogP contribution in [-0.2, 0) is 33.8 Å². The third kappa shape index (κ3) is 2.11. The molecular weight excluding hydrogens is 306 g/mol. The van der Waals surface area contributed by atoms with E-state index in [-0.39, 0.29) is 11.4 Å². The Morgan fingerprint density at radius 1 is 1.36 bits per heavy atom. The lowest BCUT2D eigenvalue weighted by atomic mass is 9.93. The molecular formula is C14H15N3O4S. The maximum Gasteiger partial charge on any atom is 0.329 e. The minimum absolute atomic E-state index is 0.0718. The highest BCUT2D eigenvalue weighted by molar-refractivity contribution is 7.89. The maximum atomic E-state index is 12.6. The molecule has 1 aromatic heterocycles. The van der Waals surface area contributed by atoms with Gasteiger partial charge in [-0.2, -0.15) is 9.82 Å². The summed E-state index contributed by atoms with van der Waals surface area (Å²) in [6.07, 6.45) is 2.04. The molecule has 1 aromatic carbocycles. The second kappa shape index (κ2) is 4.92. The van der Waals surface area contributed by atoms with Crippen LogP contribution in [0.25, 0.3) is 0 Å². The normalized spacial score (nSPS) is 20.8. The summed E-state index contributed by atoms with van der Waals surface area (Å²) in [4.78, 5) is 11.9. The molecule has 0 spiro atoms. The van der Waals surface area contributed by atoms with Crippen LogP contribution in [0.4, 0.5) is 0 Å². The van der Waals surface area contributed by atoms with E-state index in [1.54, 1.807) is 12.1 Å². The number of hydrogen-bond acceptors (Lipinski definition) is 4. The third-order valence-electron chi connectivity index (χ3n) is 3.97. The Labute approximate surface area is 127 Å². The van der Waals surface area contributed by atoms with E-state index >= 15 is 0 Å². The molecule has 0 fully saturated rings. The summed E-state index contributed by atoms with van der Waals surface area (Å²) < 4.78 is 28.7. The molecule has 22 heavy (non-hydrogen) atoms. The van der Waals surface area contributed by atoms with E-state index in [1.807, 2.05) is 12.1 Å². The van der Waals surface area contributed by atoms with E-state index in [0.717, 1.165) is 5.56 Å².